The van der Waals surface area contributed by atoms with Crippen molar-refractivity contribution >= 4 is 12.0 Å². The average Bonchev–Trinajstić information content (AvgIpc) is 2.83. The van der Waals surface area contributed by atoms with Gasteiger partial charge in [-0.15, -0.1) is 0 Å². The topological polar surface area (TPSA) is 78.9 Å². The number of amides is 2. The van der Waals surface area contributed by atoms with Gasteiger partial charge in [-0.1, -0.05) is 30.3 Å². The number of hydrogen-bond donors (Lipinski definition) is 2. The molecule has 1 spiro atoms. The third kappa shape index (κ3) is 2.66. The van der Waals surface area contributed by atoms with Gasteiger partial charge in [0.2, 0.25) is 5.91 Å². The molecule has 2 saturated heterocycles. The highest BCUT2D eigenvalue weighted by molar-refractivity contribution is 5.86. The lowest BCUT2D eigenvalue weighted by molar-refractivity contribution is -0.134. The van der Waals surface area contributed by atoms with E-state index < -0.39 is 11.5 Å². The zero-order chi connectivity index (χ0) is 15.6. The first-order valence-corrected chi connectivity index (χ1v) is 7.54. The van der Waals surface area contributed by atoms with Gasteiger partial charge in [-0.05, 0) is 18.4 Å². The van der Waals surface area contributed by atoms with Gasteiger partial charge in [-0.25, -0.2) is 4.79 Å². The minimum absolute atomic E-state index is 0.0997. The van der Waals surface area contributed by atoms with Gasteiger partial charge in [0.05, 0.1) is 11.5 Å². The molecule has 0 radical (unpaired) electrons. The second-order valence-electron chi connectivity index (χ2n) is 5.91. The van der Waals surface area contributed by atoms with Crippen LogP contribution in [0.5, 0.6) is 0 Å². The summed E-state index contributed by atoms with van der Waals surface area (Å²) in [5, 5.41) is 12.7. The second kappa shape index (κ2) is 5.96. The van der Waals surface area contributed by atoms with Gasteiger partial charge in [-0.3, -0.25) is 4.79 Å². The van der Waals surface area contributed by atoms with E-state index in [1.54, 1.807) is 4.90 Å². The Labute approximate surface area is 129 Å². The maximum Gasteiger partial charge on any atom is 0.410 e. The Kier molecular flexibility index (Phi) is 4.02. The van der Waals surface area contributed by atoms with Gasteiger partial charge >= 0.3 is 6.09 Å². The molecule has 1 aromatic rings. The van der Waals surface area contributed by atoms with E-state index in [1.807, 2.05) is 30.3 Å². The number of benzene rings is 1. The Balaban J connectivity index is 1.53. The molecule has 1 atom stereocenters. The van der Waals surface area contributed by atoms with Crippen LogP contribution in [0.15, 0.2) is 30.3 Å². The number of nitrogens with one attached hydrogen (secondary N) is 1. The van der Waals surface area contributed by atoms with Crippen LogP contribution < -0.4 is 5.32 Å². The van der Waals surface area contributed by atoms with Gasteiger partial charge in [0.1, 0.15) is 6.61 Å². The molecule has 0 saturated carbocycles. The van der Waals surface area contributed by atoms with Crippen LogP contribution in [0.3, 0.4) is 0 Å². The van der Waals surface area contributed by atoms with Crippen molar-refractivity contribution in [2.24, 2.45) is 5.41 Å². The second-order valence-corrected chi connectivity index (χ2v) is 5.91. The van der Waals surface area contributed by atoms with Crippen molar-refractivity contribution in [1.82, 2.24) is 10.2 Å². The van der Waals surface area contributed by atoms with Crippen LogP contribution in [0.1, 0.15) is 18.4 Å². The van der Waals surface area contributed by atoms with Gasteiger partial charge in [0.25, 0.3) is 0 Å². The van der Waals surface area contributed by atoms with Crippen molar-refractivity contribution in [2.45, 2.75) is 25.6 Å². The van der Waals surface area contributed by atoms with Crippen LogP contribution in [0.4, 0.5) is 4.79 Å². The lowest BCUT2D eigenvalue weighted by Crippen LogP contribution is -2.49. The van der Waals surface area contributed by atoms with E-state index in [-0.39, 0.29) is 18.6 Å². The molecular weight excluding hydrogens is 284 g/mol. The highest BCUT2D eigenvalue weighted by Crippen LogP contribution is 2.38. The summed E-state index contributed by atoms with van der Waals surface area (Å²) in [4.78, 5) is 25.6. The molecule has 2 N–H and O–H groups in total. The quantitative estimate of drug-likeness (QED) is 0.851. The minimum Gasteiger partial charge on any atom is -0.445 e. The molecule has 2 aliphatic rings. The van der Waals surface area contributed by atoms with Crippen molar-refractivity contribution in [3.05, 3.63) is 35.9 Å². The number of β-amino-alcohol motifs (C(OH)–C–C–N with tert-alkyl or cyclic N) is 1. The number of hydrogen-bond acceptors (Lipinski definition) is 4. The molecule has 1 unspecified atom stereocenters. The number of aliphatic hydroxyl groups is 1. The monoisotopic (exact) mass is 304 g/mol. The van der Waals surface area contributed by atoms with E-state index in [0.717, 1.165) is 5.56 Å². The summed E-state index contributed by atoms with van der Waals surface area (Å²) in [5.41, 5.74) is 0.214. The molecule has 2 amide bonds. The number of aliphatic hydroxyl groups excluding tert-OH is 1. The zero-order valence-corrected chi connectivity index (χ0v) is 12.3. The minimum atomic E-state index is -0.726. The fraction of sp³-hybridized carbons (Fsp3) is 0.500. The van der Waals surface area contributed by atoms with Crippen LogP contribution in [0, 0.1) is 5.41 Å². The van der Waals surface area contributed by atoms with Crippen LogP contribution in [-0.4, -0.2) is 47.7 Å². The number of nitrogens with zero attached hydrogens (tertiary/aromatic N) is 1. The van der Waals surface area contributed by atoms with E-state index >= 15 is 0 Å². The summed E-state index contributed by atoms with van der Waals surface area (Å²) in [5.74, 6) is -0.0997. The van der Waals surface area contributed by atoms with Crippen LogP contribution in [-0.2, 0) is 16.1 Å². The molecule has 2 aliphatic heterocycles. The molecular formula is C16H20N2O4. The summed E-state index contributed by atoms with van der Waals surface area (Å²) in [6.07, 6.45) is -0.0879. The number of piperidine rings is 1. The summed E-state index contributed by atoms with van der Waals surface area (Å²) in [6, 6.07) is 9.50. The first-order chi connectivity index (χ1) is 10.6. The van der Waals surface area contributed by atoms with E-state index in [2.05, 4.69) is 5.32 Å². The van der Waals surface area contributed by atoms with Crippen molar-refractivity contribution in [1.29, 1.82) is 0 Å². The molecule has 0 aliphatic carbocycles. The fourth-order valence-electron chi connectivity index (χ4n) is 3.17. The van der Waals surface area contributed by atoms with Crippen molar-refractivity contribution in [3.8, 4) is 0 Å². The summed E-state index contributed by atoms with van der Waals surface area (Å²) in [7, 11) is 0. The lowest BCUT2D eigenvalue weighted by Gasteiger charge is -2.38. The molecule has 6 nitrogen and oxygen atoms in total. The third-order valence-corrected chi connectivity index (χ3v) is 4.67. The summed E-state index contributed by atoms with van der Waals surface area (Å²) >= 11 is 0. The number of carbonyl (C=O) groups is 2. The molecule has 2 fully saturated rings. The van der Waals surface area contributed by atoms with Crippen molar-refractivity contribution < 1.29 is 19.4 Å². The SMILES string of the molecule is O=C(OCc1ccccc1)N1CCC2(CC1)C(=O)NCC2O. The Hall–Kier alpha value is -2.08. The molecule has 3 rings (SSSR count). The maximum absolute atomic E-state index is 12.1. The number of carbonyl (C=O) groups excluding carboxylic acids is 2. The third-order valence-electron chi connectivity index (χ3n) is 4.67. The summed E-state index contributed by atoms with van der Waals surface area (Å²) in [6.45, 7) is 1.40. The van der Waals surface area contributed by atoms with Gasteiger partial charge < -0.3 is 20.1 Å². The smallest absolute Gasteiger partial charge is 0.410 e. The molecule has 1 aromatic carbocycles. The van der Waals surface area contributed by atoms with E-state index in [4.69, 9.17) is 4.74 Å². The molecule has 0 bridgehead atoms. The Morgan fingerprint density at radius 1 is 1.32 bits per heavy atom. The molecule has 6 heteroatoms. The maximum atomic E-state index is 12.1. The zero-order valence-electron chi connectivity index (χ0n) is 12.3. The van der Waals surface area contributed by atoms with Crippen molar-refractivity contribution in [2.75, 3.05) is 19.6 Å². The summed E-state index contributed by atoms with van der Waals surface area (Å²) < 4.78 is 5.30. The molecule has 0 aromatic heterocycles. The number of ether oxygens (including phenoxy) is 1. The molecule has 22 heavy (non-hydrogen) atoms. The molecule has 2 heterocycles. The first-order valence-electron chi connectivity index (χ1n) is 7.54. The van der Waals surface area contributed by atoms with Crippen LogP contribution >= 0.6 is 0 Å². The first kappa shape index (κ1) is 14.8. The Morgan fingerprint density at radius 3 is 2.59 bits per heavy atom. The van der Waals surface area contributed by atoms with E-state index in [0.29, 0.717) is 32.5 Å². The predicted octanol–water partition coefficient (Wildman–Crippen LogP) is 0.896. The average molecular weight is 304 g/mol. The lowest BCUT2D eigenvalue weighted by atomic mass is 9.75. The fourth-order valence-corrected chi connectivity index (χ4v) is 3.17. The van der Waals surface area contributed by atoms with E-state index in [9.17, 15) is 14.7 Å². The largest absolute Gasteiger partial charge is 0.445 e. The van der Waals surface area contributed by atoms with Gasteiger partial charge in [0, 0.05) is 19.6 Å². The Bertz CT molecular complexity index is 553. The number of rotatable bonds is 2. The van der Waals surface area contributed by atoms with Gasteiger partial charge in [0.15, 0.2) is 0 Å². The number of likely N-dealkylation sites (tertiary alicyclic amines) is 1. The Morgan fingerprint density at radius 2 is 2.00 bits per heavy atom. The standard InChI is InChI=1S/C16H20N2O4/c19-13-10-17-14(20)16(13)6-8-18(9-7-16)15(21)22-11-12-4-2-1-3-5-12/h1-5,13,19H,6-11H2,(H,17,20). The normalized spacial score (nSPS) is 23.4. The molecule has 118 valence electrons. The highest BCUT2D eigenvalue weighted by Gasteiger charge is 2.51. The predicted molar refractivity (Wildman–Crippen MR) is 78.9 cm³/mol. The van der Waals surface area contributed by atoms with Gasteiger partial charge in [-0.2, -0.15) is 0 Å². The van der Waals surface area contributed by atoms with Crippen LogP contribution in [0.2, 0.25) is 0 Å². The highest BCUT2D eigenvalue weighted by atomic mass is 16.6. The van der Waals surface area contributed by atoms with Crippen LogP contribution in [0.25, 0.3) is 0 Å². The van der Waals surface area contributed by atoms with Crippen molar-refractivity contribution in [3.63, 3.8) is 0 Å². The van der Waals surface area contributed by atoms with E-state index in [1.165, 1.54) is 0 Å².